The SMILES string of the molecule is CC(=O)C1CC(CCCc2ccccc2)c2c(Cl)nc(Cl)c(=O)n21. The first kappa shape index (κ1) is 17.2. The summed E-state index contributed by atoms with van der Waals surface area (Å²) in [5.74, 6) is -0.00479. The average molecular weight is 365 g/mol. The van der Waals surface area contributed by atoms with Gasteiger partial charge in [0.05, 0.1) is 11.7 Å². The van der Waals surface area contributed by atoms with E-state index >= 15 is 0 Å². The number of aromatic nitrogens is 2. The van der Waals surface area contributed by atoms with E-state index in [0.717, 1.165) is 19.3 Å². The van der Waals surface area contributed by atoms with Gasteiger partial charge in [-0.25, -0.2) is 4.98 Å². The van der Waals surface area contributed by atoms with Crippen molar-refractivity contribution in [3.8, 4) is 0 Å². The number of hydrogen-bond acceptors (Lipinski definition) is 3. The first-order chi connectivity index (χ1) is 11.5. The van der Waals surface area contributed by atoms with Crippen LogP contribution in [0.1, 0.15) is 49.4 Å². The maximum absolute atomic E-state index is 12.3. The molecule has 0 saturated carbocycles. The van der Waals surface area contributed by atoms with Crippen molar-refractivity contribution in [2.24, 2.45) is 0 Å². The number of ketones is 1. The predicted octanol–water partition coefficient (Wildman–Crippen LogP) is 4.19. The number of fused-ring (bicyclic) bond motifs is 1. The van der Waals surface area contributed by atoms with Gasteiger partial charge in [-0.3, -0.25) is 14.2 Å². The number of nitrogens with zero attached hydrogens (tertiary/aromatic N) is 2. The molecule has 0 fully saturated rings. The van der Waals surface area contributed by atoms with Gasteiger partial charge in [0.25, 0.3) is 5.56 Å². The molecule has 4 nitrogen and oxygen atoms in total. The van der Waals surface area contributed by atoms with E-state index in [1.54, 1.807) is 0 Å². The van der Waals surface area contributed by atoms with Crippen LogP contribution in [0.25, 0.3) is 0 Å². The highest BCUT2D eigenvalue weighted by molar-refractivity contribution is 6.32. The largest absolute Gasteiger partial charge is 0.298 e. The molecule has 2 atom stereocenters. The van der Waals surface area contributed by atoms with Crippen molar-refractivity contribution in [2.75, 3.05) is 0 Å². The van der Waals surface area contributed by atoms with Gasteiger partial charge < -0.3 is 0 Å². The molecule has 3 rings (SSSR count). The Bertz CT molecular complexity index is 818. The number of Topliss-reactive ketones (excluding diaryl/α,β-unsaturated/α-hetero) is 1. The highest BCUT2D eigenvalue weighted by Crippen LogP contribution is 2.41. The summed E-state index contributed by atoms with van der Waals surface area (Å²) in [5, 5.41) is 0.0491. The van der Waals surface area contributed by atoms with Crippen molar-refractivity contribution in [2.45, 2.75) is 44.6 Å². The highest BCUT2D eigenvalue weighted by atomic mass is 35.5. The Hall–Kier alpha value is -1.65. The Morgan fingerprint density at radius 3 is 2.62 bits per heavy atom. The summed E-state index contributed by atoms with van der Waals surface area (Å²) in [6.07, 6.45) is 3.33. The van der Waals surface area contributed by atoms with Crippen LogP contribution in [0.5, 0.6) is 0 Å². The van der Waals surface area contributed by atoms with Crippen molar-refractivity contribution < 1.29 is 4.79 Å². The van der Waals surface area contributed by atoms with Crippen LogP contribution < -0.4 is 5.56 Å². The third-order valence-electron chi connectivity index (χ3n) is 4.60. The van der Waals surface area contributed by atoms with Crippen molar-refractivity contribution in [1.29, 1.82) is 0 Å². The van der Waals surface area contributed by atoms with Gasteiger partial charge >= 0.3 is 0 Å². The van der Waals surface area contributed by atoms with E-state index in [4.69, 9.17) is 23.2 Å². The molecular formula is C18H18Cl2N2O2. The number of halogens is 2. The molecule has 0 bridgehead atoms. The van der Waals surface area contributed by atoms with Gasteiger partial charge in [0, 0.05) is 5.92 Å². The maximum atomic E-state index is 12.3. The molecule has 0 radical (unpaired) electrons. The molecule has 2 heterocycles. The molecule has 0 amide bonds. The van der Waals surface area contributed by atoms with Crippen molar-refractivity contribution >= 4 is 29.0 Å². The summed E-state index contributed by atoms with van der Waals surface area (Å²) in [7, 11) is 0. The molecule has 2 aromatic rings. The summed E-state index contributed by atoms with van der Waals surface area (Å²) in [4.78, 5) is 28.2. The lowest BCUT2D eigenvalue weighted by atomic mass is 9.93. The van der Waals surface area contributed by atoms with Gasteiger partial charge in [0.2, 0.25) is 0 Å². The molecular weight excluding hydrogens is 347 g/mol. The number of rotatable bonds is 5. The Morgan fingerprint density at radius 2 is 1.96 bits per heavy atom. The van der Waals surface area contributed by atoms with Gasteiger partial charge in [-0.2, -0.15) is 0 Å². The quantitative estimate of drug-likeness (QED) is 0.798. The lowest BCUT2D eigenvalue weighted by Crippen LogP contribution is -2.28. The van der Waals surface area contributed by atoms with Gasteiger partial charge in [-0.1, -0.05) is 53.5 Å². The molecule has 0 spiro atoms. The zero-order valence-electron chi connectivity index (χ0n) is 13.3. The van der Waals surface area contributed by atoms with Gasteiger partial charge in [-0.05, 0) is 38.2 Å². The maximum Gasteiger partial charge on any atom is 0.289 e. The molecule has 1 aromatic carbocycles. The first-order valence-corrected chi connectivity index (χ1v) is 8.76. The van der Waals surface area contributed by atoms with E-state index < -0.39 is 11.6 Å². The van der Waals surface area contributed by atoms with E-state index in [-0.39, 0.29) is 22.0 Å². The summed E-state index contributed by atoms with van der Waals surface area (Å²) < 4.78 is 1.45. The van der Waals surface area contributed by atoms with E-state index in [0.29, 0.717) is 12.1 Å². The van der Waals surface area contributed by atoms with E-state index in [1.807, 2.05) is 18.2 Å². The second kappa shape index (κ2) is 7.08. The number of aryl methyl sites for hydroxylation is 1. The van der Waals surface area contributed by atoms with Crippen LogP contribution in [0.3, 0.4) is 0 Å². The molecule has 24 heavy (non-hydrogen) atoms. The van der Waals surface area contributed by atoms with Crippen LogP contribution in [-0.2, 0) is 11.2 Å². The van der Waals surface area contributed by atoms with Crippen molar-refractivity contribution in [3.63, 3.8) is 0 Å². The van der Waals surface area contributed by atoms with Crippen LogP contribution in [0.4, 0.5) is 0 Å². The van der Waals surface area contributed by atoms with Crippen molar-refractivity contribution in [1.82, 2.24) is 9.55 Å². The number of carbonyl (C=O) groups excluding carboxylic acids is 1. The molecule has 6 heteroatoms. The summed E-state index contributed by atoms with van der Waals surface area (Å²) in [6, 6.07) is 9.74. The fourth-order valence-electron chi connectivity index (χ4n) is 3.46. The van der Waals surface area contributed by atoms with Crippen molar-refractivity contribution in [3.05, 3.63) is 62.2 Å². The van der Waals surface area contributed by atoms with E-state index in [2.05, 4.69) is 17.1 Å². The summed E-state index contributed by atoms with van der Waals surface area (Å²) in [6.45, 7) is 1.50. The standard InChI is InChI=1S/C18H18Cl2N2O2/c1-11(23)14-10-13(9-5-8-12-6-3-2-4-7-12)15-16(19)21-17(20)18(24)22(14)15/h2-4,6-7,13-14H,5,8-10H2,1H3. The topological polar surface area (TPSA) is 52.0 Å². The van der Waals surface area contributed by atoms with E-state index in [1.165, 1.54) is 17.1 Å². The molecule has 126 valence electrons. The minimum absolute atomic E-state index is 0.0487. The average Bonchev–Trinajstić information content (AvgIpc) is 2.94. The second-order valence-corrected chi connectivity index (χ2v) is 6.91. The zero-order valence-corrected chi connectivity index (χ0v) is 14.8. The zero-order chi connectivity index (χ0) is 17.3. The monoisotopic (exact) mass is 364 g/mol. The second-order valence-electron chi connectivity index (χ2n) is 6.19. The molecule has 0 saturated heterocycles. The van der Waals surface area contributed by atoms with Crippen LogP contribution in [-0.4, -0.2) is 15.3 Å². The molecule has 0 aliphatic carbocycles. The van der Waals surface area contributed by atoms with Crippen LogP contribution in [0, 0.1) is 0 Å². The highest BCUT2D eigenvalue weighted by Gasteiger charge is 2.37. The van der Waals surface area contributed by atoms with Gasteiger partial charge in [0.15, 0.2) is 16.1 Å². The Kier molecular flexibility index (Phi) is 5.07. The molecule has 1 aromatic heterocycles. The minimum atomic E-state index is -0.493. The van der Waals surface area contributed by atoms with Gasteiger partial charge in [0.1, 0.15) is 0 Å². The number of carbonyl (C=O) groups is 1. The Labute approximate surface area is 150 Å². The first-order valence-electron chi connectivity index (χ1n) is 8.01. The number of benzene rings is 1. The smallest absolute Gasteiger partial charge is 0.289 e. The fraction of sp³-hybridized carbons (Fsp3) is 0.389. The summed E-state index contributed by atoms with van der Waals surface area (Å²) >= 11 is 12.1. The lowest BCUT2D eigenvalue weighted by Gasteiger charge is -2.12. The van der Waals surface area contributed by atoms with E-state index in [9.17, 15) is 9.59 Å². The Balaban J connectivity index is 1.83. The molecule has 1 aliphatic rings. The Morgan fingerprint density at radius 1 is 1.25 bits per heavy atom. The van der Waals surface area contributed by atoms with Gasteiger partial charge in [-0.15, -0.1) is 0 Å². The molecule has 1 aliphatic heterocycles. The predicted molar refractivity (Wildman–Crippen MR) is 95.0 cm³/mol. The lowest BCUT2D eigenvalue weighted by molar-refractivity contribution is -0.120. The van der Waals surface area contributed by atoms with Crippen LogP contribution in [0.15, 0.2) is 35.1 Å². The third kappa shape index (κ3) is 3.26. The fourth-order valence-corrected chi connectivity index (χ4v) is 4.01. The van der Waals surface area contributed by atoms with Crippen LogP contribution in [0.2, 0.25) is 10.3 Å². The third-order valence-corrected chi connectivity index (χ3v) is 5.12. The number of hydrogen-bond donors (Lipinski definition) is 0. The summed E-state index contributed by atoms with van der Waals surface area (Å²) in [5.41, 5.74) is 1.50. The molecule has 2 unspecified atom stereocenters. The normalized spacial score (nSPS) is 19.3. The molecule has 0 N–H and O–H groups in total. The van der Waals surface area contributed by atoms with Crippen LogP contribution >= 0.6 is 23.2 Å². The minimum Gasteiger partial charge on any atom is -0.298 e.